The summed E-state index contributed by atoms with van der Waals surface area (Å²) in [5, 5.41) is 23.0. The molecule has 0 unspecified atom stereocenters. The molecule has 1 saturated carbocycles. The number of hydrogen-bond donors (Lipinski definition) is 1. The molecule has 0 amide bonds. The fourth-order valence-electron chi connectivity index (χ4n) is 3.55. The van der Waals surface area contributed by atoms with Gasteiger partial charge in [0.2, 0.25) is 5.82 Å². The van der Waals surface area contributed by atoms with E-state index < -0.39 is 17.5 Å². The summed E-state index contributed by atoms with van der Waals surface area (Å²) in [6, 6.07) is 8.61. The van der Waals surface area contributed by atoms with E-state index in [1.807, 2.05) is 6.07 Å². The van der Waals surface area contributed by atoms with Gasteiger partial charge in [-0.05, 0) is 25.0 Å². The number of methoxy groups -OCH3 is 1. The molecule has 4 rings (SSSR count). The maximum atomic E-state index is 12.1. The van der Waals surface area contributed by atoms with Crippen LogP contribution in [0, 0.1) is 0 Å². The van der Waals surface area contributed by atoms with E-state index in [9.17, 15) is 14.7 Å². The van der Waals surface area contributed by atoms with Crippen molar-refractivity contribution in [1.29, 1.82) is 0 Å². The Balaban J connectivity index is 1.38. The first-order valence-corrected chi connectivity index (χ1v) is 10.5. The van der Waals surface area contributed by atoms with Gasteiger partial charge in [0.25, 0.3) is 5.95 Å². The van der Waals surface area contributed by atoms with Gasteiger partial charge in [0.05, 0.1) is 25.5 Å². The molecule has 1 fully saturated rings. The molecule has 1 N–H and O–H groups in total. The predicted octanol–water partition coefficient (Wildman–Crippen LogP) is 1.24. The van der Waals surface area contributed by atoms with E-state index in [-0.39, 0.29) is 31.7 Å². The molecule has 0 bridgehead atoms. The lowest BCUT2D eigenvalue weighted by atomic mass is 9.99. The van der Waals surface area contributed by atoms with Crippen molar-refractivity contribution in [1.82, 2.24) is 29.8 Å². The van der Waals surface area contributed by atoms with Crippen LogP contribution in [0.15, 0.2) is 36.5 Å². The largest absolute Gasteiger partial charge is 0.463 e. The summed E-state index contributed by atoms with van der Waals surface area (Å²) < 4.78 is 17.9. The Morgan fingerprint density at radius 2 is 1.88 bits per heavy atom. The molecule has 33 heavy (non-hydrogen) atoms. The van der Waals surface area contributed by atoms with Gasteiger partial charge in [-0.25, -0.2) is 14.3 Å². The zero-order valence-corrected chi connectivity index (χ0v) is 18.1. The van der Waals surface area contributed by atoms with Gasteiger partial charge in [0, 0.05) is 0 Å². The molecule has 0 spiro atoms. The molecule has 174 valence electrons. The second kappa shape index (κ2) is 9.88. The normalized spacial score (nSPS) is 14.8. The molecule has 1 aliphatic carbocycles. The van der Waals surface area contributed by atoms with Gasteiger partial charge in [-0.3, -0.25) is 0 Å². The number of nitrogens with zero attached hydrogens (tertiary/aromatic N) is 6. The number of rotatable bonds is 9. The molecule has 0 saturated heterocycles. The maximum absolute atomic E-state index is 12.1. The fraction of sp³-hybridized carbons (Fsp3) is 0.429. The standard InChI is InChI=1S/C21H24N6O6/c1-31-19(29)17-22-20(26-13-16(23-25-26)21(30)9-5-6-10-21)24-27(17)14-32-11-12-33-18(28)15-7-3-2-4-8-15/h2-4,7-8,13,30H,5-6,9-12,14H2,1H3. The minimum Gasteiger partial charge on any atom is -0.463 e. The number of carbonyl (C=O) groups is 2. The van der Waals surface area contributed by atoms with Gasteiger partial charge in [-0.2, -0.15) is 9.67 Å². The second-order valence-corrected chi connectivity index (χ2v) is 7.55. The van der Waals surface area contributed by atoms with Crippen molar-refractivity contribution in [2.75, 3.05) is 20.3 Å². The first-order valence-electron chi connectivity index (χ1n) is 10.5. The van der Waals surface area contributed by atoms with Crippen LogP contribution in [0.3, 0.4) is 0 Å². The minimum absolute atomic E-state index is 0.0217. The monoisotopic (exact) mass is 456 g/mol. The maximum Gasteiger partial charge on any atom is 0.375 e. The van der Waals surface area contributed by atoms with Crippen LogP contribution in [0.25, 0.3) is 5.95 Å². The highest BCUT2D eigenvalue weighted by Gasteiger charge is 2.36. The van der Waals surface area contributed by atoms with Gasteiger partial charge in [-0.1, -0.05) is 36.3 Å². The van der Waals surface area contributed by atoms with Crippen LogP contribution >= 0.6 is 0 Å². The summed E-state index contributed by atoms with van der Waals surface area (Å²) in [5.41, 5.74) is -0.125. The lowest BCUT2D eigenvalue weighted by Crippen LogP contribution is -2.21. The number of hydrogen-bond acceptors (Lipinski definition) is 10. The second-order valence-electron chi connectivity index (χ2n) is 7.55. The van der Waals surface area contributed by atoms with Crippen LogP contribution in [0.4, 0.5) is 0 Å². The van der Waals surface area contributed by atoms with Gasteiger partial charge in [-0.15, -0.1) is 10.2 Å². The van der Waals surface area contributed by atoms with Crippen LogP contribution in [0.1, 0.15) is 52.4 Å². The Labute approximate surface area is 189 Å². The Morgan fingerprint density at radius 3 is 2.61 bits per heavy atom. The van der Waals surface area contributed by atoms with E-state index in [1.54, 1.807) is 30.5 Å². The lowest BCUT2D eigenvalue weighted by Gasteiger charge is -2.17. The van der Waals surface area contributed by atoms with Gasteiger partial charge in [0.1, 0.15) is 24.6 Å². The van der Waals surface area contributed by atoms with Crippen molar-refractivity contribution in [3.63, 3.8) is 0 Å². The summed E-state index contributed by atoms with van der Waals surface area (Å²) >= 11 is 0. The molecule has 2 aromatic heterocycles. The zero-order chi connectivity index (χ0) is 23.3. The topological polar surface area (TPSA) is 143 Å². The summed E-state index contributed by atoms with van der Waals surface area (Å²) in [4.78, 5) is 28.2. The molecular weight excluding hydrogens is 432 g/mol. The highest BCUT2D eigenvalue weighted by Crippen LogP contribution is 2.37. The van der Waals surface area contributed by atoms with E-state index in [0.717, 1.165) is 12.8 Å². The van der Waals surface area contributed by atoms with Crippen molar-refractivity contribution in [3.05, 3.63) is 53.6 Å². The molecule has 0 aliphatic heterocycles. The SMILES string of the molecule is COC(=O)c1nc(-n2cc(C3(O)CCCC3)nn2)nn1COCCOC(=O)c1ccccc1. The van der Waals surface area contributed by atoms with Crippen molar-refractivity contribution in [2.45, 2.75) is 38.0 Å². The number of aliphatic hydroxyl groups is 1. The van der Waals surface area contributed by atoms with Crippen LogP contribution < -0.4 is 0 Å². The average molecular weight is 456 g/mol. The third kappa shape index (κ3) is 5.07. The summed E-state index contributed by atoms with van der Waals surface area (Å²) in [5.74, 6) is -1.17. The van der Waals surface area contributed by atoms with E-state index in [4.69, 9.17) is 14.2 Å². The van der Waals surface area contributed by atoms with Gasteiger partial charge in [0.15, 0.2) is 0 Å². The quantitative estimate of drug-likeness (QED) is 0.369. The van der Waals surface area contributed by atoms with E-state index in [2.05, 4.69) is 20.4 Å². The number of benzene rings is 1. The molecule has 3 aromatic rings. The molecule has 1 aromatic carbocycles. The average Bonchev–Trinajstić information content (AvgIpc) is 3.59. The predicted molar refractivity (Wildman–Crippen MR) is 111 cm³/mol. The number of carbonyl (C=O) groups excluding carboxylic acids is 2. The zero-order valence-electron chi connectivity index (χ0n) is 18.1. The van der Waals surface area contributed by atoms with Crippen LogP contribution in [0.5, 0.6) is 0 Å². The molecule has 12 nitrogen and oxygen atoms in total. The highest BCUT2D eigenvalue weighted by molar-refractivity contribution is 5.89. The molecule has 0 atom stereocenters. The lowest BCUT2D eigenvalue weighted by molar-refractivity contribution is 0.0129. The number of aromatic nitrogens is 6. The van der Waals surface area contributed by atoms with Gasteiger partial charge < -0.3 is 19.3 Å². The Bertz CT molecular complexity index is 1110. The van der Waals surface area contributed by atoms with E-state index >= 15 is 0 Å². The Morgan fingerprint density at radius 1 is 1.12 bits per heavy atom. The van der Waals surface area contributed by atoms with Crippen molar-refractivity contribution >= 4 is 11.9 Å². The third-order valence-corrected chi connectivity index (χ3v) is 5.32. The first kappa shape index (κ1) is 22.6. The molecule has 1 aliphatic rings. The highest BCUT2D eigenvalue weighted by atomic mass is 16.6. The van der Waals surface area contributed by atoms with Crippen molar-refractivity contribution < 1.29 is 28.9 Å². The number of ether oxygens (including phenoxy) is 3. The van der Waals surface area contributed by atoms with Crippen LogP contribution in [-0.2, 0) is 26.5 Å². The van der Waals surface area contributed by atoms with Crippen LogP contribution in [-0.4, -0.2) is 67.1 Å². The number of esters is 2. The molecule has 2 heterocycles. The van der Waals surface area contributed by atoms with E-state index in [1.165, 1.54) is 16.5 Å². The molecule has 12 heteroatoms. The smallest absolute Gasteiger partial charge is 0.375 e. The first-order chi connectivity index (χ1) is 16.0. The van der Waals surface area contributed by atoms with Crippen molar-refractivity contribution in [3.8, 4) is 5.95 Å². The Kier molecular flexibility index (Phi) is 6.75. The summed E-state index contributed by atoms with van der Waals surface area (Å²) in [6.07, 6.45) is 4.62. The van der Waals surface area contributed by atoms with E-state index in [0.29, 0.717) is 24.1 Å². The minimum atomic E-state index is -1.01. The van der Waals surface area contributed by atoms with Gasteiger partial charge >= 0.3 is 11.9 Å². The summed E-state index contributed by atoms with van der Waals surface area (Å²) in [7, 11) is 1.23. The molecular formula is C21H24N6O6. The third-order valence-electron chi connectivity index (χ3n) is 5.32. The van der Waals surface area contributed by atoms with Crippen LogP contribution in [0.2, 0.25) is 0 Å². The Hall–Kier alpha value is -3.64. The summed E-state index contributed by atoms with van der Waals surface area (Å²) in [6.45, 7) is -0.0332. The van der Waals surface area contributed by atoms with Crippen molar-refractivity contribution in [2.24, 2.45) is 0 Å². The fourth-order valence-corrected chi connectivity index (χ4v) is 3.55. The molecule has 0 radical (unpaired) electrons.